The number of nitrogens with zero attached hydrogens (tertiary/aromatic N) is 2. The molecule has 0 atom stereocenters. The smallest absolute Gasteiger partial charge is 0.156 e. The van der Waals surface area contributed by atoms with Crippen molar-refractivity contribution in [2.24, 2.45) is 0 Å². The summed E-state index contributed by atoms with van der Waals surface area (Å²) in [5, 5.41) is 10.4. The van der Waals surface area contributed by atoms with Crippen molar-refractivity contribution in [3.8, 4) is 11.8 Å². The molecule has 0 bridgehead atoms. The highest BCUT2D eigenvalue weighted by Crippen LogP contribution is 2.36. The molecule has 1 aromatic heterocycles. The molecule has 0 fully saturated rings. The number of hydrogen-bond acceptors (Lipinski definition) is 5. The Balaban J connectivity index is 1.52. The summed E-state index contributed by atoms with van der Waals surface area (Å²) in [7, 11) is 0. The van der Waals surface area contributed by atoms with E-state index in [4.69, 9.17) is 16.3 Å². The number of halogens is 3. The van der Waals surface area contributed by atoms with Crippen molar-refractivity contribution >= 4 is 96.2 Å². The third-order valence-electron chi connectivity index (χ3n) is 4.20. The Hall–Kier alpha value is -1.32. The number of ether oxygens (including phenoxy) is 1. The molecular weight excluding hydrogens is 674 g/mol. The van der Waals surface area contributed by atoms with Gasteiger partial charge in [-0.25, -0.2) is 4.98 Å². The first kappa shape index (κ1) is 22.9. The van der Waals surface area contributed by atoms with Crippen LogP contribution >= 0.6 is 79.9 Å². The number of thiazole rings is 1. The van der Waals surface area contributed by atoms with Crippen LogP contribution in [0.25, 0.3) is 16.3 Å². The highest BCUT2D eigenvalue weighted by molar-refractivity contribution is 14.1. The van der Waals surface area contributed by atoms with Gasteiger partial charge in [0.2, 0.25) is 0 Å². The highest BCUT2D eigenvalue weighted by Gasteiger charge is 2.11. The van der Waals surface area contributed by atoms with Crippen molar-refractivity contribution in [1.82, 2.24) is 4.98 Å². The van der Waals surface area contributed by atoms with Gasteiger partial charge in [0.1, 0.15) is 18.4 Å². The number of hydrogen-bond donors (Lipinski definition) is 0. The zero-order valence-electron chi connectivity index (χ0n) is 15.8. The van der Waals surface area contributed by atoms with Gasteiger partial charge in [0.15, 0.2) is 4.34 Å². The molecule has 154 valence electrons. The predicted molar refractivity (Wildman–Crippen MR) is 147 cm³/mol. The van der Waals surface area contributed by atoms with Crippen molar-refractivity contribution in [2.45, 2.75) is 10.9 Å². The van der Waals surface area contributed by atoms with Gasteiger partial charge in [-0.2, -0.15) is 5.26 Å². The average molecular weight is 687 g/mol. The lowest BCUT2D eigenvalue weighted by Gasteiger charge is -2.12. The van der Waals surface area contributed by atoms with Crippen LogP contribution in [0.1, 0.15) is 11.1 Å². The molecule has 0 aliphatic rings. The van der Waals surface area contributed by atoms with E-state index in [0.29, 0.717) is 16.5 Å². The third kappa shape index (κ3) is 5.93. The van der Waals surface area contributed by atoms with Gasteiger partial charge in [0, 0.05) is 5.02 Å². The number of allylic oxidation sites excluding steroid dienone is 1. The number of fused-ring (bicyclic) bond motifs is 1. The van der Waals surface area contributed by atoms with Gasteiger partial charge < -0.3 is 4.74 Å². The second-order valence-electron chi connectivity index (χ2n) is 6.40. The van der Waals surface area contributed by atoms with E-state index in [0.717, 1.165) is 38.6 Å². The van der Waals surface area contributed by atoms with Gasteiger partial charge in [-0.05, 0) is 111 Å². The summed E-state index contributed by atoms with van der Waals surface area (Å²) in [6.45, 7) is 0.468. The molecule has 3 aromatic carbocycles. The van der Waals surface area contributed by atoms with Crippen LogP contribution in [0.3, 0.4) is 0 Å². The Labute approximate surface area is 220 Å². The molecule has 31 heavy (non-hydrogen) atoms. The molecule has 3 nitrogen and oxygen atoms in total. The zero-order valence-corrected chi connectivity index (χ0v) is 22.5. The summed E-state index contributed by atoms with van der Waals surface area (Å²) < 4.78 is 10.0. The summed E-state index contributed by atoms with van der Waals surface area (Å²) in [4.78, 5) is 5.21. The summed E-state index contributed by atoms with van der Waals surface area (Å²) in [6.07, 6.45) is 1.89. The maximum Gasteiger partial charge on any atom is 0.156 e. The van der Waals surface area contributed by atoms with Crippen molar-refractivity contribution in [1.29, 1.82) is 5.26 Å². The van der Waals surface area contributed by atoms with E-state index in [-0.39, 0.29) is 0 Å². The molecule has 8 heteroatoms. The van der Waals surface area contributed by atoms with E-state index in [2.05, 4.69) is 56.2 Å². The summed E-state index contributed by atoms with van der Waals surface area (Å²) in [5.74, 6) is 0.839. The highest BCUT2D eigenvalue weighted by atomic mass is 127. The third-order valence-corrected chi connectivity index (χ3v) is 8.08. The van der Waals surface area contributed by atoms with E-state index in [9.17, 15) is 5.26 Å². The molecule has 0 aliphatic carbocycles. The van der Waals surface area contributed by atoms with Crippen LogP contribution in [0.4, 0.5) is 0 Å². The van der Waals surface area contributed by atoms with Crippen LogP contribution in [-0.4, -0.2) is 4.98 Å². The van der Waals surface area contributed by atoms with Gasteiger partial charge >= 0.3 is 0 Å². The maximum absolute atomic E-state index is 9.65. The SMILES string of the molecule is N#C/C(=C\c1cc(I)c(OCc2ccc(Cl)cc2)c(I)c1)Sc1nc2ccccc2s1. The molecule has 0 unspecified atom stereocenters. The van der Waals surface area contributed by atoms with Crippen LogP contribution in [0.2, 0.25) is 5.02 Å². The Bertz CT molecular complexity index is 1260. The van der Waals surface area contributed by atoms with Crippen molar-refractivity contribution in [3.63, 3.8) is 0 Å². The van der Waals surface area contributed by atoms with Crippen molar-refractivity contribution in [3.05, 3.63) is 88.9 Å². The lowest BCUT2D eigenvalue weighted by Crippen LogP contribution is -1.99. The van der Waals surface area contributed by atoms with Gasteiger partial charge in [-0.15, -0.1) is 11.3 Å². The molecule has 0 N–H and O–H groups in total. The molecule has 0 aliphatic heterocycles. The number of thioether (sulfide) groups is 1. The first-order chi connectivity index (χ1) is 15.0. The molecule has 0 saturated carbocycles. The first-order valence-electron chi connectivity index (χ1n) is 9.03. The van der Waals surface area contributed by atoms with Crippen LogP contribution in [0.5, 0.6) is 5.75 Å². The van der Waals surface area contributed by atoms with Crippen molar-refractivity contribution < 1.29 is 4.74 Å². The fraction of sp³-hybridized carbons (Fsp3) is 0.0435. The summed E-state index contributed by atoms with van der Waals surface area (Å²) in [5.41, 5.74) is 2.97. The topological polar surface area (TPSA) is 45.9 Å². The van der Waals surface area contributed by atoms with Gasteiger partial charge in [-0.1, -0.05) is 35.9 Å². The van der Waals surface area contributed by atoms with E-state index in [1.54, 1.807) is 11.3 Å². The summed E-state index contributed by atoms with van der Waals surface area (Å²) >= 11 is 13.5. The molecule has 0 spiro atoms. The van der Waals surface area contributed by atoms with Crippen LogP contribution in [-0.2, 0) is 6.61 Å². The molecule has 0 amide bonds. The van der Waals surface area contributed by atoms with Crippen LogP contribution in [0.15, 0.2) is 69.9 Å². The Morgan fingerprint density at radius 3 is 2.52 bits per heavy atom. The average Bonchev–Trinajstić information content (AvgIpc) is 3.16. The second-order valence-corrected chi connectivity index (χ2v) is 11.5. The Morgan fingerprint density at radius 1 is 1.13 bits per heavy atom. The summed E-state index contributed by atoms with van der Waals surface area (Å²) in [6, 6.07) is 22.0. The van der Waals surface area contributed by atoms with E-state index in [1.165, 1.54) is 11.8 Å². The van der Waals surface area contributed by atoms with Gasteiger partial charge in [-0.3, -0.25) is 0 Å². The normalized spacial score (nSPS) is 11.5. The Morgan fingerprint density at radius 2 is 1.84 bits per heavy atom. The molecule has 4 rings (SSSR count). The minimum absolute atomic E-state index is 0.468. The fourth-order valence-electron chi connectivity index (χ4n) is 2.76. The standard InChI is InChI=1S/C23H13ClI2N2OS2/c24-16-7-5-14(6-8-16)13-29-22-18(25)10-15(11-19(22)26)9-17(12-27)30-23-28-20-3-1-2-4-21(20)31-23/h1-11H,13H2/b17-9+. The van der Waals surface area contributed by atoms with Gasteiger partial charge in [0.25, 0.3) is 0 Å². The first-order valence-corrected chi connectivity index (χ1v) is 13.2. The van der Waals surface area contributed by atoms with E-state index < -0.39 is 0 Å². The van der Waals surface area contributed by atoms with Crippen LogP contribution in [0, 0.1) is 18.5 Å². The number of rotatable bonds is 6. The molecule has 4 aromatic rings. The molecular formula is C23H13ClI2N2OS2. The molecule has 0 saturated heterocycles. The van der Waals surface area contributed by atoms with Crippen molar-refractivity contribution in [2.75, 3.05) is 0 Å². The Kier molecular flexibility index (Phi) is 7.77. The zero-order chi connectivity index (χ0) is 21.8. The molecule has 1 heterocycles. The minimum atomic E-state index is 0.468. The lowest BCUT2D eigenvalue weighted by molar-refractivity contribution is 0.302. The molecule has 0 radical (unpaired) electrons. The second kappa shape index (κ2) is 10.5. The quantitative estimate of drug-likeness (QED) is 0.116. The number of nitriles is 1. The predicted octanol–water partition coefficient (Wildman–Crippen LogP) is 8.39. The monoisotopic (exact) mass is 686 g/mol. The fourth-order valence-corrected chi connectivity index (χ4v) is 6.99. The van der Waals surface area contributed by atoms with E-state index >= 15 is 0 Å². The largest absolute Gasteiger partial charge is 0.487 e. The number of aromatic nitrogens is 1. The van der Waals surface area contributed by atoms with Gasteiger partial charge in [0.05, 0.1) is 22.3 Å². The minimum Gasteiger partial charge on any atom is -0.487 e. The lowest BCUT2D eigenvalue weighted by atomic mass is 10.2. The van der Waals surface area contributed by atoms with Crippen LogP contribution < -0.4 is 4.74 Å². The maximum atomic E-state index is 9.65. The number of para-hydroxylation sites is 1. The number of benzene rings is 3. The van der Waals surface area contributed by atoms with E-state index in [1.807, 2.05) is 66.7 Å².